The number of aromatic nitrogens is 2. The zero-order chi connectivity index (χ0) is 20.4. The van der Waals surface area contributed by atoms with Crippen LogP contribution in [0.1, 0.15) is 11.8 Å². The van der Waals surface area contributed by atoms with E-state index in [9.17, 15) is 9.59 Å². The molecule has 0 fully saturated rings. The highest BCUT2D eigenvalue weighted by Crippen LogP contribution is 2.35. The molecule has 0 spiro atoms. The first-order valence-electron chi connectivity index (χ1n) is 9.13. The molecule has 1 amide bonds. The molecule has 0 aliphatic heterocycles. The fourth-order valence-corrected chi connectivity index (χ4v) is 4.99. The lowest BCUT2D eigenvalue weighted by molar-refractivity contribution is -0.116. The van der Waals surface area contributed by atoms with Gasteiger partial charge in [0.25, 0.3) is 11.5 Å². The number of benzene rings is 2. The van der Waals surface area contributed by atoms with Gasteiger partial charge in [-0.3, -0.25) is 15.0 Å². The maximum Gasteiger partial charge on any atom is 0.281 e. The van der Waals surface area contributed by atoms with E-state index < -0.39 is 0 Å². The van der Waals surface area contributed by atoms with Gasteiger partial charge in [0.2, 0.25) is 0 Å². The lowest BCUT2D eigenvalue weighted by Gasteiger charge is -2.13. The van der Waals surface area contributed by atoms with Crippen molar-refractivity contribution in [1.29, 1.82) is 0 Å². The summed E-state index contributed by atoms with van der Waals surface area (Å²) in [5, 5.41) is 0.169. The van der Waals surface area contributed by atoms with Crippen molar-refractivity contribution in [2.45, 2.75) is 24.0 Å². The van der Waals surface area contributed by atoms with Crippen LogP contribution < -0.4 is 11.0 Å². The van der Waals surface area contributed by atoms with E-state index in [1.165, 1.54) is 34.1 Å². The number of hydrogen-bond donors (Lipinski definition) is 1. The number of carbonyl (C=O) groups excluding carboxylic acids is 1. The molecule has 0 aliphatic carbocycles. The van der Waals surface area contributed by atoms with Gasteiger partial charge in [-0.25, -0.2) is 9.66 Å². The molecule has 0 aliphatic rings. The van der Waals surface area contributed by atoms with E-state index in [0.717, 1.165) is 20.9 Å². The highest BCUT2D eigenvalue weighted by Gasteiger charge is 2.19. The first-order chi connectivity index (χ1) is 14.0. The minimum atomic E-state index is -0.363. The second-order valence-electron chi connectivity index (χ2n) is 6.55. The maximum atomic E-state index is 13.2. The predicted molar refractivity (Wildman–Crippen MR) is 120 cm³/mol. The number of nitrogens with zero attached hydrogens (tertiary/aromatic N) is 2. The molecule has 2 aromatic carbocycles. The Labute approximate surface area is 176 Å². The van der Waals surface area contributed by atoms with Crippen LogP contribution in [0.3, 0.4) is 0 Å². The highest BCUT2D eigenvalue weighted by molar-refractivity contribution is 8.00. The van der Waals surface area contributed by atoms with Gasteiger partial charge < -0.3 is 0 Å². The Kier molecular flexibility index (Phi) is 5.51. The number of thiophene rings is 1. The second-order valence-corrected chi connectivity index (χ2v) is 9.17. The van der Waals surface area contributed by atoms with Gasteiger partial charge in [0.05, 0.1) is 10.6 Å². The average Bonchev–Trinajstić information content (AvgIpc) is 3.08. The lowest BCUT2D eigenvalue weighted by atomic mass is 10.0. The summed E-state index contributed by atoms with van der Waals surface area (Å²) in [6, 6.07) is 19.5. The van der Waals surface area contributed by atoms with Gasteiger partial charge in [0, 0.05) is 15.3 Å². The number of carbonyl (C=O) groups is 1. The Morgan fingerprint density at radius 3 is 2.45 bits per heavy atom. The molecule has 0 saturated heterocycles. The molecule has 2 heterocycles. The Balaban J connectivity index is 1.66. The van der Waals surface area contributed by atoms with Crippen molar-refractivity contribution in [3.05, 3.63) is 82.2 Å². The molecule has 4 aromatic rings. The van der Waals surface area contributed by atoms with Crippen LogP contribution in [0, 0.1) is 6.92 Å². The number of aryl methyl sites for hydroxylation is 1. The molecule has 146 valence electrons. The fourth-order valence-electron chi connectivity index (χ4n) is 3.10. The van der Waals surface area contributed by atoms with Gasteiger partial charge in [-0.1, -0.05) is 48.5 Å². The molecule has 1 N–H and O–H groups in total. The largest absolute Gasteiger partial charge is 0.281 e. The first-order valence-corrected chi connectivity index (χ1v) is 10.8. The Morgan fingerprint density at radius 1 is 1.10 bits per heavy atom. The van der Waals surface area contributed by atoms with Gasteiger partial charge in [-0.05, 0) is 31.5 Å². The van der Waals surface area contributed by atoms with E-state index in [2.05, 4.69) is 10.4 Å². The Morgan fingerprint density at radius 2 is 1.76 bits per heavy atom. The summed E-state index contributed by atoms with van der Waals surface area (Å²) in [6.45, 7) is 3.80. The smallest absolute Gasteiger partial charge is 0.272 e. The van der Waals surface area contributed by atoms with Crippen LogP contribution in [0.5, 0.6) is 0 Å². The molecule has 0 bridgehead atoms. The van der Waals surface area contributed by atoms with Crippen molar-refractivity contribution < 1.29 is 4.79 Å². The number of thioether (sulfide) groups is 1. The summed E-state index contributed by atoms with van der Waals surface area (Å²) in [4.78, 5) is 32.9. The van der Waals surface area contributed by atoms with Crippen LogP contribution in [0.4, 0.5) is 0 Å². The zero-order valence-corrected chi connectivity index (χ0v) is 17.6. The third-order valence-corrected chi connectivity index (χ3v) is 6.63. The van der Waals surface area contributed by atoms with E-state index in [0.29, 0.717) is 10.2 Å². The highest BCUT2D eigenvalue weighted by atomic mass is 32.2. The molecule has 0 saturated carbocycles. The van der Waals surface area contributed by atoms with E-state index in [-0.39, 0.29) is 16.7 Å². The van der Waals surface area contributed by atoms with E-state index in [4.69, 9.17) is 0 Å². The first kappa shape index (κ1) is 19.4. The molecule has 4 rings (SSSR count). The molecular weight excluding hydrogens is 402 g/mol. The quantitative estimate of drug-likeness (QED) is 0.475. The zero-order valence-electron chi connectivity index (χ0n) is 16.0. The Bertz CT molecular complexity index is 1220. The standard InChI is InChI=1S/C22H19N3O2S2/c1-14-18(16-9-5-3-6-10-16)19-21(29-14)23-13-25(22(19)27)24-20(26)15(2)28-17-11-7-4-8-12-17/h3-13,15H,1-2H3,(H,24,26). The van der Waals surface area contributed by atoms with Crippen LogP contribution in [-0.4, -0.2) is 20.8 Å². The maximum absolute atomic E-state index is 13.2. The summed E-state index contributed by atoms with van der Waals surface area (Å²) < 4.78 is 1.19. The van der Waals surface area contributed by atoms with Crippen LogP contribution >= 0.6 is 23.1 Å². The third kappa shape index (κ3) is 3.97. The average molecular weight is 422 g/mol. The summed E-state index contributed by atoms with van der Waals surface area (Å²) >= 11 is 2.92. The minimum absolute atomic E-state index is 0.254. The van der Waals surface area contributed by atoms with Gasteiger partial charge in [-0.15, -0.1) is 23.1 Å². The predicted octanol–water partition coefficient (Wildman–Crippen LogP) is 4.68. The molecule has 29 heavy (non-hydrogen) atoms. The van der Waals surface area contributed by atoms with Gasteiger partial charge in [-0.2, -0.15) is 0 Å². The van der Waals surface area contributed by atoms with E-state index >= 15 is 0 Å². The topological polar surface area (TPSA) is 64.0 Å². The third-order valence-electron chi connectivity index (χ3n) is 4.51. The monoisotopic (exact) mass is 421 g/mol. The van der Waals surface area contributed by atoms with Gasteiger partial charge in [0.15, 0.2) is 0 Å². The minimum Gasteiger partial charge on any atom is -0.272 e. The number of nitrogens with one attached hydrogen (secondary N) is 1. The molecule has 7 heteroatoms. The number of hydrogen-bond acceptors (Lipinski definition) is 5. The Hall–Kier alpha value is -2.90. The van der Waals surface area contributed by atoms with Crippen LogP contribution in [0.2, 0.25) is 0 Å². The molecule has 1 atom stereocenters. The van der Waals surface area contributed by atoms with Gasteiger partial charge in [0.1, 0.15) is 11.2 Å². The SMILES string of the molecule is Cc1sc2ncn(NC(=O)C(C)Sc3ccccc3)c(=O)c2c1-c1ccccc1. The second kappa shape index (κ2) is 8.23. The molecular formula is C22H19N3O2S2. The fraction of sp³-hybridized carbons (Fsp3) is 0.136. The molecule has 0 radical (unpaired) electrons. The number of rotatable bonds is 5. The molecule has 2 aromatic heterocycles. The van der Waals surface area contributed by atoms with Crippen molar-refractivity contribution in [2.75, 3.05) is 5.43 Å². The number of amides is 1. The lowest BCUT2D eigenvalue weighted by Crippen LogP contribution is -2.36. The van der Waals surface area contributed by atoms with E-state index in [1.807, 2.05) is 74.5 Å². The number of fused-ring (bicyclic) bond motifs is 1. The normalized spacial score (nSPS) is 12.1. The van der Waals surface area contributed by atoms with Gasteiger partial charge >= 0.3 is 0 Å². The summed E-state index contributed by atoms with van der Waals surface area (Å²) in [7, 11) is 0. The summed E-state index contributed by atoms with van der Waals surface area (Å²) in [6.07, 6.45) is 1.38. The van der Waals surface area contributed by atoms with Crippen LogP contribution in [-0.2, 0) is 4.79 Å². The van der Waals surface area contributed by atoms with Crippen LogP contribution in [0.25, 0.3) is 21.3 Å². The van der Waals surface area contributed by atoms with Crippen molar-refractivity contribution in [3.8, 4) is 11.1 Å². The summed E-state index contributed by atoms with van der Waals surface area (Å²) in [5.41, 5.74) is 4.26. The van der Waals surface area contributed by atoms with Crippen LogP contribution in [0.15, 0.2) is 76.7 Å². The molecule has 1 unspecified atom stereocenters. The van der Waals surface area contributed by atoms with Crippen molar-refractivity contribution in [2.24, 2.45) is 0 Å². The van der Waals surface area contributed by atoms with E-state index in [1.54, 1.807) is 0 Å². The van der Waals surface area contributed by atoms with Crippen molar-refractivity contribution in [3.63, 3.8) is 0 Å². The van der Waals surface area contributed by atoms with Crippen molar-refractivity contribution in [1.82, 2.24) is 9.66 Å². The summed E-state index contributed by atoms with van der Waals surface area (Å²) in [5.74, 6) is -0.254. The van der Waals surface area contributed by atoms with Crippen molar-refractivity contribution >= 4 is 39.2 Å². The molecule has 5 nitrogen and oxygen atoms in total.